The Kier molecular flexibility index (Phi) is 7.32. The van der Waals surface area contributed by atoms with Crippen molar-refractivity contribution in [1.82, 2.24) is 4.72 Å². The molecule has 0 atom stereocenters. The van der Waals surface area contributed by atoms with E-state index in [2.05, 4.69) is 20.3 Å². The number of nitro benzene ring substituents is 1. The number of nitrogens with zero attached hydrogens (tertiary/aromatic N) is 3. The minimum atomic E-state index is -3.78. The molecule has 0 saturated carbocycles. The van der Waals surface area contributed by atoms with Gasteiger partial charge in [-0.2, -0.15) is 0 Å². The van der Waals surface area contributed by atoms with Crippen LogP contribution in [0.3, 0.4) is 0 Å². The number of amides is 1. The molecular formula is C25H21N5O7S. The molecular weight excluding hydrogens is 514 g/mol. The fourth-order valence-corrected chi connectivity index (χ4v) is 4.37. The van der Waals surface area contributed by atoms with Crippen LogP contribution < -0.4 is 14.8 Å². The largest absolute Gasteiger partial charge is 0.505 e. The fourth-order valence-electron chi connectivity index (χ4n) is 3.62. The zero-order valence-electron chi connectivity index (χ0n) is 20.1. The molecule has 0 saturated heterocycles. The van der Waals surface area contributed by atoms with Crippen molar-refractivity contribution < 1.29 is 28.0 Å². The molecule has 3 N–H and O–H groups in total. The SMILES string of the molecule is CNS(=O)(=O)c1ccc(OC)c(/N=N/c2c(O)c(C(=O)Nc3cccc([N+](=O)[O-])c3)cc3ccccc23)c1. The Labute approximate surface area is 216 Å². The number of hydrogen-bond acceptors (Lipinski definition) is 9. The molecule has 0 aliphatic rings. The van der Waals surface area contributed by atoms with Crippen molar-refractivity contribution in [3.63, 3.8) is 0 Å². The number of carbonyl (C=O) groups excluding carboxylic acids is 1. The van der Waals surface area contributed by atoms with Gasteiger partial charge in [-0.1, -0.05) is 30.3 Å². The van der Waals surface area contributed by atoms with Crippen molar-refractivity contribution in [3.05, 3.63) is 88.5 Å². The lowest BCUT2D eigenvalue weighted by molar-refractivity contribution is -0.384. The van der Waals surface area contributed by atoms with Crippen LogP contribution >= 0.6 is 0 Å². The molecule has 12 nitrogen and oxygen atoms in total. The number of fused-ring (bicyclic) bond motifs is 1. The average Bonchev–Trinajstić information content (AvgIpc) is 2.92. The number of rotatable bonds is 8. The normalized spacial score (nSPS) is 11.5. The average molecular weight is 536 g/mol. The highest BCUT2D eigenvalue weighted by Gasteiger charge is 2.20. The Bertz CT molecular complexity index is 1700. The van der Waals surface area contributed by atoms with Gasteiger partial charge in [-0.3, -0.25) is 14.9 Å². The topological polar surface area (TPSA) is 173 Å². The van der Waals surface area contributed by atoms with Crippen LogP contribution in [-0.4, -0.2) is 38.5 Å². The van der Waals surface area contributed by atoms with Crippen molar-refractivity contribution in [1.29, 1.82) is 0 Å². The molecule has 0 radical (unpaired) electrons. The third-order valence-electron chi connectivity index (χ3n) is 5.54. The van der Waals surface area contributed by atoms with Crippen LogP contribution in [0.15, 0.2) is 87.9 Å². The summed E-state index contributed by atoms with van der Waals surface area (Å²) in [4.78, 5) is 23.5. The van der Waals surface area contributed by atoms with Crippen LogP contribution in [0.1, 0.15) is 10.4 Å². The van der Waals surface area contributed by atoms with Crippen molar-refractivity contribution in [2.24, 2.45) is 10.2 Å². The van der Waals surface area contributed by atoms with Gasteiger partial charge in [-0.05, 0) is 42.8 Å². The van der Waals surface area contributed by atoms with E-state index in [0.717, 1.165) is 0 Å². The van der Waals surface area contributed by atoms with Gasteiger partial charge in [0, 0.05) is 23.2 Å². The standard InChI is InChI=1S/C25H21N5O7S/c1-26-38(35,36)18-10-11-22(37-2)21(14-18)28-29-23-19-9-4-3-6-15(19)12-20(24(23)31)25(32)27-16-7-5-8-17(13-16)30(33)34/h3-14,26,31H,1-2H3,(H,27,32)/b29-28+. The van der Waals surface area contributed by atoms with Crippen LogP contribution in [-0.2, 0) is 10.0 Å². The molecule has 38 heavy (non-hydrogen) atoms. The summed E-state index contributed by atoms with van der Waals surface area (Å²) in [5, 5.41) is 34.0. The second-order valence-electron chi connectivity index (χ2n) is 7.85. The molecule has 4 rings (SSSR count). The first-order valence-electron chi connectivity index (χ1n) is 11.0. The predicted molar refractivity (Wildman–Crippen MR) is 140 cm³/mol. The highest BCUT2D eigenvalue weighted by atomic mass is 32.2. The molecule has 0 bridgehead atoms. The number of ether oxygens (including phenoxy) is 1. The number of benzene rings is 4. The molecule has 4 aromatic rings. The summed E-state index contributed by atoms with van der Waals surface area (Å²) in [6.07, 6.45) is 0. The molecule has 0 fully saturated rings. The van der Waals surface area contributed by atoms with E-state index in [-0.39, 0.29) is 39.0 Å². The van der Waals surface area contributed by atoms with E-state index < -0.39 is 26.6 Å². The van der Waals surface area contributed by atoms with Crippen molar-refractivity contribution in [2.45, 2.75) is 4.90 Å². The Morgan fingerprint density at radius 2 is 1.79 bits per heavy atom. The van der Waals surface area contributed by atoms with Gasteiger partial charge in [0.15, 0.2) is 5.75 Å². The van der Waals surface area contributed by atoms with Gasteiger partial charge in [-0.15, -0.1) is 10.2 Å². The molecule has 0 aliphatic heterocycles. The quantitative estimate of drug-likeness (QED) is 0.161. The van der Waals surface area contributed by atoms with E-state index in [1.165, 1.54) is 62.7 Å². The Balaban J connectivity index is 1.79. The second-order valence-corrected chi connectivity index (χ2v) is 9.73. The van der Waals surface area contributed by atoms with Gasteiger partial charge >= 0.3 is 0 Å². The molecule has 4 aromatic carbocycles. The zero-order valence-corrected chi connectivity index (χ0v) is 20.9. The molecule has 0 spiro atoms. The number of non-ortho nitro benzene ring substituents is 1. The number of sulfonamides is 1. The number of nitro groups is 1. The summed E-state index contributed by atoms with van der Waals surface area (Å²) < 4.78 is 32.0. The highest BCUT2D eigenvalue weighted by Crippen LogP contribution is 2.41. The first kappa shape index (κ1) is 26.2. The summed E-state index contributed by atoms with van der Waals surface area (Å²) in [7, 11) is -1.13. The summed E-state index contributed by atoms with van der Waals surface area (Å²) in [5.41, 5.74) is -0.179. The maximum absolute atomic E-state index is 13.1. The van der Waals surface area contributed by atoms with Crippen LogP contribution in [0.25, 0.3) is 10.8 Å². The van der Waals surface area contributed by atoms with Crippen LogP contribution in [0.5, 0.6) is 11.5 Å². The lowest BCUT2D eigenvalue weighted by Crippen LogP contribution is -2.18. The van der Waals surface area contributed by atoms with E-state index >= 15 is 0 Å². The molecule has 13 heteroatoms. The minimum absolute atomic E-state index is 0.0452. The second kappa shape index (κ2) is 10.6. The number of aromatic hydroxyl groups is 1. The van der Waals surface area contributed by atoms with E-state index in [4.69, 9.17) is 4.74 Å². The Morgan fingerprint density at radius 1 is 1.03 bits per heavy atom. The maximum atomic E-state index is 13.1. The third kappa shape index (κ3) is 5.28. The number of phenolic OH excluding ortho intramolecular Hbond substituents is 1. The van der Waals surface area contributed by atoms with Gasteiger partial charge in [0.1, 0.15) is 17.1 Å². The highest BCUT2D eigenvalue weighted by molar-refractivity contribution is 7.89. The zero-order chi connectivity index (χ0) is 27.4. The number of anilines is 1. The third-order valence-corrected chi connectivity index (χ3v) is 6.95. The number of carbonyl (C=O) groups is 1. The first-order valence-corrected chi connectivity index (χ1v) is 12.5. The molecule has 0 aliphatic carbocycles. The predicted octanol–water partition coefficient (Wildman–Crippen LogP) is 5.04. The van der Waals surface area contributed by atoms with Gasteiger partial charge < -0.3 is 15.2 Å². The van der Waals surface area contributed by atoms with Crippen molar-refractivity contribution in [3.8, 4) is 11.5 Å². The number of nitrogens with one attached hydrogen (secondary N) is 2. The monoisotopic (exact) mass is 535 g/mol. The molecule has 1 amide bonds. The fraction of sp³-hybridized carbons (Fsp3) is 0.0800. The lowest BCUT2D eigenvalue weighted by Gasteiger charge is -2.11. The molecule has 0 heterocycles. The van der Waals surface area contributed by atoms with Crippen molar-refractivity contribution in [2.75, 3.05) is 19.5 Å². The van der Waals surface area contributed by atoms with Gasteiger partial charge in [-0.25, -0.2) is 13.1 Å². The minimum Gasteiger partial charge on any atom is -0.505 e. The molecule has 0 aromatic heterocycles. The van der Waals surface area contributed by atoms with Gasteiger partial charge in [0.25, 0.3) is 11.6 Å². The smallest absolute Gasteiger partial charge is 0.271 e. The van der Waals surface area contributed by atoms with Crippen LogP contribution in [0.2, 0.25) is 0 Å². The summed E-state index contributed by atoms with van der Waals surface area (Å²) in [5.74, 6) is -0.995. The van der Waals surface area contributed by atoms with Crippen molar-refractivity contribution >= 4 is 49.5 Å². The summed E-state index contributed by atoms with van der Waals surface area (Å²) in [6.45, 7) is 0. The summed E-state index contributed by atoms with van der Waals surface area (Å²) >= 11 is 0. The van der Waals surface area contributed by atoms with Crippen LogP contribution in [0.4, 0.5) is 22.7 Å². The molecule has 0 unspecified atom stereocenters. The number of phenols is 1. The lowest BCUT2D eigenvalue weighted by atomic mass is 10.0. The molecule has 194 valence electrons. The first-order chi connectivity index (χ1) is 18.1. The Morgan fingerprint density at radius 3 is 2.50 bits per heavy atom. The number of azo groups is 1. The maximum Gasteiger partial charge on any atom is 0.271 e. The van der Waals surface area contributed by atoms with Gasteiger partial charge in [0.2, 0.25) is 10.0 Å². The van der Waals surface area contributed by atoms with E-state index in [1.807, 2.05) is 0 Å². The number of hydrogen-bond donors (Lipinski definition) is 3. The van der Waals surface area contributed by atoms with E-state index in [9.17, 15) is 28.4 Å². The van der Waals surface area contributed by atoms with E-state index in [1.54, 1.807) is 24.3 Å². The van der Waals surface area contributed by atoms with Gasteiger partial charge in [0.05, 0.1) is 22.5 Å². The van der Waals surface area contributed by atoms with Crippen LogP contribution in [0, 0.1) is 10.1 Å². The van der Waals surface area contributed by atoms with E-state index in [0.29, 0.717) is 10.8 Å². The number of methoxy groups -OCH3 is 1. The Hall–Kier alpha value is -4.88. The summed E-state index contributed by atoms with van der Waals surface area (Å²) in [6, 6.07) is 17.7.